The molecular formula is C11H15ClN2. The Kier molecular flexibility index (Phi) is 2.73. The van der Waals surface area contributed by atoms with Crippen LogP contribution >= 0.6 is 11.6 Å². The SMILES string of the molecule is Cc1nc(CC2CC2)ncc1C(C)Cl. The first-order chi connectivity index (χ1) is 6.66. The number of aryl methyl sites for hydroxylation is 1. The van der Waals surface area contributed by atoms with Gasteiger partial charge in [0.25, 0.3) is 0 Å². The molecule has 1 saturated carbocycles. The highest BCUT2D eigenvalue weighted by atomic mass is 35.5. The molecule has 0 radical (unpaired) electrons. The van der Waals surface area contributed by atoms with Crippen LogP contribution in [-0.2, 0) is 6.42 Å². The number of nitrogens with zero attached hydrogens (tertiary/aromatic N) is 2. The summed E-state index contributed by atoms with van der Waals surface area (Å²) in [5, 5.41) is 0.00461. The van der Waals surface area contributed by atoms with E-state index >= 15 is 0 Å². The third kappa shape index (κ3) is 2.24. The van der Waals surface area contributed by atoms with Crippen molar-refractivity contribution < 1.29 is 0 Å². The van der Waals surface area contributed by atoms with Crippen molar-refractivity contribution in [2.24, 2.45) is 5.92 Å². The van der Waals surface area contributed by atoms with Gasteiger partial charge < -0.3 is 0 Å². The molecule has 1 unspecified atom stereocenters. The molecule has 0 spiro atoms. The topological polar surface area (TPSA) is 25.8 Å². The lowest BCUT2D eigenvalue weighted by Gasteiger charge is -2.07. The van der Waals surface area contributed by atoms with E-state index in [1.807, 2.05) is 20.0 Å². The second kappa shape index (κ2) is 3.85. The Balaban J connectivity index is 2.16. The molecule has 1 atom stereocenters. The summed E-state index contributed by atoms with van der Waals surface area (Å²) >= 11 is 6.00. The lowest BCUT2D eigenvalue weighted by molar-refractivity contribution is 0.756. The van der Waals surface area contributed by atoms with Gasteiger partial charge in [0.05, 0.1) is 5.38 Å². The van der Waals surface area contributed by atoms with Crippen LogP contribution in [0.15, 0.2) is 6.20 Å². The van der Waals surface area contributed by atoms with Crippen LogP contribution in [0.1, 0.15) is 42.2 Å². The quantitative estimate of drug-likeness (QED) is 0.717. The number of hydrogen-bond acceptors (Lipinski definition) is 2. The lowest BCUT2D eigenvalue weighted by atomic mass is 10.2. The Labute approximate surface area is 89.7 Å². The highest BCUT2D eigenvalue weighted by molar-refractivity contribution is 6.20. The molecule has 1 aliphatic rings. The van der Waals surface area contributed by atoms with Crippen LogP contribution < -0.4 is 0 Å². The standard InChI is InChI=1S/C11H15ClN2/c1-7(12)10-6-13-11(14-8(10)2)5-9-3-4-9/h6-7,9H,3-5H2,1-2H3. The Morgan fingerprint density at radius 1 is 1.57 bits per heavy atom. The van der Waals surface area contributed by atoms with Gasteiger partial charge in [0, 0.05) is 23.9 Å². The molecule has 1 fully saturated rings. The van der Waals surface area contributed by atoms with Gasteiger partial charge in [-0.1, -0.05) is 0 Å². The molecule has 0 aliphatic heterocycles. The molecule has 1 heterocycles. The van der Waals surface area contributed by atoms with E-state index in [1.54, 1.807) is 0 Å². The van der Waals surface area contributed by atoms with Crippen LogP contribution in [0.2, 0.25) is 0 Å². The van der Waals surface area contributed by atoms with E-state index < -0.39 is 0 Å². The van der Waals surface area contributed by atoms with E-state index in [1.165, 1.54) is 12.8 Å². The van der Waals surface area contributed by atoms with Gasteiger partial charge in [-0.25, -0.2) is 9.97 Å². The molecule has 0 amide bonds. The normalized spacial score (nSPS) is 18.2. The van der Waals surface area contributed by atoms with Crippen molar-refractivity contribution in [1.29, 1.82) is 0 Å². The lowest BCUT2D eigenvalue weighted by Crippen LogP contribution is -2.02. The van der Waals surface area contributed by atoms with Crippen molar-refractivity contribution in [1.82, 2.24) is 9.97 Å². The van der Waals surface area contributed by atoms with Crippen molar-refractivity contribution >= 4 is 11.6 Å². The van der Waals surface area contributed by atoms with Crippen LogP contribution in [0.4, 0.5) is 0 Å². The van der Waals surface area contributed by atoms with E-state index in [2.05, 4.69) is 9.97 Å². The molecule has 2 nitrogen and oxygen atoms in total. The average Bonchev–Trinajstić information content (AvgIpc) is 2.87. The smallest absolute Gasteiger partial charge is 0.128 e. The number of hydrogen-bond donors (Lipinski definition) is 0. The van der Waals surface area contributed by atoms with E-state index in [-0.39, 0.29) is 5.38 Å². The number of aromatic nitrogens is 2. The Bertz CT molecular complexity index is 332. The minimum atomic E-state index is 0.00461. The molecule has 0 saturated heterocycles. The van der Waals surface area contributed by atoms with Crippen LogP contribution in [0, 0.1) is 12.8 Å². The summed E-state index contributed by atoms with van der Waals surface area (Å²) in [6.45, 7) is 3.96. The van der Waals surface area contributed by atoms with Crippen LogP contribution in [0.3, 0.4) is 0 Å². The summed E-state index contributed by atoms with van der Waals surface area (Å²) in [4.78, 5) is 8.82. The summed E-state index contributed by atoms with van der Waals surface area (Å²) in [7, 11) is 0. The summed E-state index contributed by atoms with van der Waals surface area (Å²) in [5.74, 6) is 1.82. The molecule has 1 aromatic rings. The Morgan fingerprint density at radius 3 is 2.79 bits per heavy atom. The Hall–Kier alpha value is -0.630. The maximum atomic E-state index is 6.00. The molecule has 2 rings (SSSR count). The van der Waals surface area contributed by atoms with Gasteiger partial charge in [-0.05, 0) is 32.6 Å². The fourth-order valence-electron chi connectivity index (χ4n) is 1.59. The summed E-state index contributed by atoms with van der Waals surface area (Å²) in [5.41, 5.74) is 2.07. The average molecular weight is 211 g/mol. The predicted octanol–water partition coefficient (Wildman–Crippen LogP) is 3.04. The van der Waals surface area contributed by atoms with Gasteiger partial charge in [-0.15, -0.1) is 11.6 Å². The molecule has 76 valence electrons. The third-order valence-electron chi connectivity index (χ3n) is 2.66. The van der Waals surface area contributed by atoms with Crippen molar-refractivity contribution in [3.63, 3.8) is 0 Å². The highest BCUT2D eigenvalue weighted by Gasteiger charge is 2.23. The molecular weight excluding hydrogens is 196 g/mol. The fourth-order valence-corrected chi connectivity index (χ4v) is 1.81. The van der Waals surface area contributed by atoms with E-state index in [0.717, 1.165) is 29.4 Å². The molecule has 0 aromatic carbocycles. The van der Waals surface area contributed by atoms with Gasteiger partial charge in [0.15, 0.2) is 0 Å². The second-order valence-electron chi connectivity index (χ2n) is 4.09. The Morgan fingerprint density at radius 2 is 2.29 bits per heavy atom. The zero-order valence-corrected chi connectivity index (χ0v) is 9.38. The molecule has 1 aromatic heterocycles. The van der Waals surface area contributed by atoms with Gasteiger partial charge in [0.1, 0.15) is 5.82 Å². The minimum absolute atomic E-state index is 0.00461. The van der Waals surface area contributed by atoms with E-state index in [4.69, 9.17) is 11.6 Å². The van der Waals surface area contributed by atoms with Crippen molar-refractivity contribution in [2.75, 3.05) is 0 Å². The molecule has 14 heavy (non-hydrogen) atoms. The maximum absolute atomic E-state index is 6.00. The summed E-state index contributed by atoms with van der Waals surface area (Å²) in [6.07, 6.45) is 5.60. The van der Waals surface area contributed by atoms with Crippen molar-refractivity contribution in [2.45, 2.75) is 38.5 Å². The fraction of sp³-hybridized carbons (Fsp3) is 0.636. The van der Waals surface area contributed by atoms with Crippen molar-refractivity contribution in [3.05, 3.63) is 23.3 Å². The molecule has 1 aliphatic carbocycles. The van der Waals surface area contributed by atoms with Crippen LogP contribution in [0.5, 0.6) is 0 Å². The largest absolute Gasteiger partial charge is 0.241 e. The van der Waals surface area contributed by atoms with Crippen LogP contribution in [0.25, 0.3) is 0 Å². The number of alkyl halides is 1. The second-order valence-corrected chi connectivity index (χ2v) is 4.75. The number of halogens is 1. The summed E-state index contributed by atoms with van der Waals surface area (Å²) < 4.78 is 0. The third-order valence-corrected chi connectivity index (χ3v) is 2.90. The first-order valence-electron chi connectivity index (χ1n) is 5.13. The monoisotopic (exact) mass is 210 g/mol. The maximum Gasteiger partial charge on any atom is 0.128 e. The molecule has 0 N–H and O–H groups in total. The summed E-state index contributed by atoms with van der Waals surface area (Å²) in [6, 6.07) is 0. The zero-order valence-electron chi connectivity index (χ0n) is 8.63. The predicted molar refractivity (Wildman–Crippen MR) is 57.5 cm³/mol. The molecule has 3 heteroatoms. The minimum Gasteiger partial charge on any atom is -0.241 e. The van der Waals surface area contributed by atoms with Gasteiger partial charge in [0.2, 0.25) is 0 Å². The van der Waals surface area contributed by atoms with Crippen LogP contribution in [-0.4, -0.2) is 9.97 Å². The highest BCUT2D eigenvalue weighted by Crippen LogP contribution is 2.32. The number of rotatable bonds is 3. The van der Waals surface area contributed by atoms with Gasteiger partial charge >= 0.3 is 0 Å². The van der Waals surface area contributed by atoms with Gasteiger partial charge in [-0.3, -0.25) is 0 Å². The first-order valence-corrected chi connectivity index (χ1v) is 5.57. The van der Waals surface area contributed by atoms with Gasteiger partial charge in [-0.2, -0.15) is 0 Å². The van der Waals surface area contributed by atoms with Crippen molar-refractivity contribution in [3.8, 4) is 0 Å². The van der Waals surface area contributed by atoms with E-state index in [0.29, 0.717) is 0 Å². The first kappa shape index (κ1) is 9.91. The van der Waals surface area contributed by atoms with E-state index in [9.17, 15) is 0 Å². The zero-order chi connectivity index (χ0) is 10.1. The molecule has 0 bridgehead atoms.